The van der Waals surface area contributed by atoms with Crippen LogP contribution in [0.2, 0.25) is 0 Å². The van der Waals surface area contributed by atoms with Gasteiger partial charge in [0.05, 0.1) is 11.9 Å². The number of anilines is 1. The molecule has 16 heavy (non-hydrogen) atoms. The molecule has 1 aromatic carbocycles. The number of hydrogen-bond donors (Lipinski definition) is 2. The molecule has 0 spiro atoms. The SMILES string of the molecule is O=C(Nc1cccc(F)c1F)c1cn[nH]n1. The second kappa shape index (κ2) is 4.05. The van der Waals surface area contributed by atoms with E-state index in [4.69, 9.17) is 0 Å². The smallest absolute Gasteiger partial charge is 0.277 e. The van der Waals surface area contributed by atoms with Gasteiger partial charge in [0.1, 0.15) is 0 Å². The third-order valence-electron chi connectivity index (χ3n) is 1.85. The van der Waals surface area contributed by atoms with E-state index in [-0.39, 0.29) is 11.4 Å². The van der Waals surface area contributed by atoms with E-state index < -0.39 is 17.5 Å². The Morgan fingerprint density at radius 2 is 2.19 bits per heavy atom. The molecule has 0 aliphatic rings. The van der Waals surface area contributed by atoms with Crippen LogP contribution < -0.4 is 5.32 Å². The van der Waals surface area contributed by atoms with Gasteiger partial charge in [-0.25, -0.2) is 8.78 Å². The van der Waals surface area contributed by atoms with Crippen molar-refractivity contribution in [1.29, 1.82) is 0 Å². The van der Waals surface area contributed by atoms with Crippen LogP contribution in [0.15, 0.2) is 24.4 Å². The first-order valence-electron chi connectivity index (χ1n) is 4.29. The predicted molar refractivity (Wildman–Crippen MR) is 50.7 cm³/mol. The summed E-state index contributed by atoms with van der Waals surface area (Å²) in [6, 6.07) is 3.49. The molecule has 1 aromatic heterocycles. The van der Waals surface area contributed by atoms with E-state index in [0.717, 1.165) is 6.07 Å². The third-order valence-corrected chi connectivity index (χ3v) is 1.85. The molecule has 0 fully saturated rings. The number of carbonyl (C=O) groups excluding carboxylic acids is 1. The van der Waals surface area contributed by atoms with Crippen LogP contribution in [0.1, 0.15) is 10.5 Å². The minimum atomic E-state index is -1.11. The molecule has 0 aliphatic heterocycles. The number of H-pyrrole nitrogens is 1. The standard InChI is InChI=1S/C9H6F2N4O/c10-5-2-1-3-6(8(5)11)13-9(16)7-4-12-15-14-7/h1-4H,(H,13,16)(H,12,14,15). The molecule has 0 atom stereocenters. The highest BCUT2D eigenvalue weighted by Crippen LogP contribution is 2.16. The van der Waals surface area contributed by atoms with Gasteiger partial charge in [0.2, 0.25) is 0 Å². The Morgan fingerprint density at radius 1 is 1.38 bits per heavy atom. The molecule has 0 saturated heterocycles. The maximum absolute atomic E-state index is 13.2. The van der Waals surface area contributed by atoms with E-state index in [1.165, 1.54) is 18.3 Å². The molecular formula is C9H6F2N4O. The second-order valence-electron chi connectivity index (χ2n) is 2.91. The van der Waals surface area contributed by atoms with Gasteiger partial charge in [-0.15, -0.1) is 0 Å². The minimum Gasteiger partial charge on any atom is -0.318 e. The van der Waals surface area contributed by atoms with E-state index >= 15 is 0 Å². The highest BCUT2D eigenvalue weighted by atomic mass is 19.2. The van der Waals surface area contributed by atoms with E-state index in [2.05, 4.69) is 20.7 Å². The lowest BCUT2D eigenvalue weighted by atomic mass is 10.3. The van der Waals surface area contributed by atoms with Crippen LogP contribution in [-0.4, -0.2) is 21.3 Å². The summed E-state index contributed by atoms with van der Waals surface area (Å²) in [5.74, 6) is -2.81. The van der Waals surface area contributed by atoms with Gasteiger partial charge < -0.3 is 5.32 Å². The Bertz CT molecular complexity index is 512. The molecule has 2 rings (SSSR count). The number of nitrogens with zero attached hydrogens (tertiary/aromatic N) is 2. The first-order chi connectivity index (χ1) is 7.68. The van der Waals surface area contributed by atoms with Gasteiger partial charge in [0.25, 0.3) is 5.91 Å². The van der Waals surface area contributed by atoms with Gasteiger partial charge in [-0.2, -0.15) is 15.4 Å². The summed E-state index contributed by atoms with van der Waals surface area (Å²) >= 11 is 0. The lowest BCUT2D eigenvalue weighted by Crippen LogP contribution is -2.13. The van der Waals surface area contributed by atoms with Crippen molar-refractivity contribution in [3.63, 3.8) is 0 Å². The molecule has 0 bridgehead atoms. The quantitative estimate of drug-likeness (QED) is 0.808. The highest BCUT2D eigenvalue weighted by Gasteiger charge is 2.13. The van der Waals surface area contributed by atoms with Crippen LogP contribution in [0.3, 0.4) is 0 Å². The number of nitrogens with one attached hydrogen (secondary N) is 2. The molecule has 7 heteroatoms. The molecule has 2 N–H and O–H groups in total. The monoisotopic (exact) mass is 224 g/mol. The molecule has 0 aliphatic carbocycles. The Morgan fingerprint density at radius 3 is 2.88 bits per heavy atom. The fourth-order valence-electron chi connectivity index (χ4n) is 1.10. The van der Waals surface area contributed by atoms with Crippen molar-refractivity contribution in [1.82, 2.24) is 15.4 Å². The summed E-state index contributed by atoms with van der Waals surface area (Å²) in [4.78, 5) is 11.4. The molecule has 0 radical (unpaired) electrons. The van der Waals surface area contributed by atoms with Crippen LogP contribution in [0.5, 0.6) is 0 Å². The van der Waals surface area contributed by atoms with Crippen LogP contribution >= 0.6 is 0 Å². The van der Waals surface area contributed by atoms with Crippen molar-refractivity contribution >= 4 is 11.6 Å². The molecule has 1 amide bonds. The van der Waals surface area contributed by atoms with Gasteiger partial charge in [-0.1, -0.05) is 6.07 Å². The third kappa shape index (κ3) is 1.88. The Labute approximate surface area is 88.5 Å². The zero-order valence-electron chi connectivity index (χ0n) is 7.87. The van der Waals surface area contributed by atoms with Crippen molar-refractivity contribution in [3.05, 3.63) is 41.7 Å². The number of rotatable bonds is 2. The van der Waals surface area contributed by atoms with Gasteiger partial charge in [0.15, 0.2) is 17.3 Å². The lowest BCUT2D eigenvalue weighted by molar-refractivity contribution is 0.102. The Balaban J connectivity index is 2.22. The van der Waals surface area contributed by atoms with E-state index in [9.17, 15) is 13.6 Å². The molecule has 5 nitrogen and oxygen atoms in total. The van der Waals surface area contributed by atoms with Crippen molar-refractivity contribution in [3.8, 4) is 0 Å². The largest absolute Gasteiger partial charge is 0.318 e. The molecule has 0 saturated carbocycles. The average Bonchev–Trinajstić information content (AvgIpc) is 2.78. The number of amides is 1. The number of carbonyl (C=O) groups is 1. The Kier molecular flexibility index (Phi) is 2.59. The van der Waals surface area contributed by atoms with Crippen LogP contribution in [0.4, 0.5) is 14.5 Å². The molecular weight excluding hydrogens is 218 g/mol. The summed E-state index contributed by atoms with van der Waals surface area (Å²) in [5.41, 5.74) is -0.253. The Hall–Kier alpha value is -2.31. The summed E-state index contributed by atoms with van der Waals surface area (Å²) in [6.45, 7) is 0. The van der Waals surface area contributed by atoms with Gasteiger partial charge in [-0.05, 0) is 12.1 Å². The molecule has 82 valence electrons. The first-order valence-corrected chi connectivity index (χ1v) is 4.29. The fourth-order valence-corrected chi connectivity index (χ4v) is 1.10. The normalized spacial score (nSPS) is 10.1. The van der Waals surface area contributed by atoms with Gasteiger partial charge >= 0.3 is 0 Å². The molecule has 1 heterocycles. The highest BCUT2D eigenvalue weighted by molar-refractivity contribution is 6.02. The van der Waals surface area contributed by atoms with Crippen LogP contribution in [-0.2, 0) is 0 Å². The predicted octanol–water partition coefficient (Wildman–Crippen LogP) is 1.34. The minimum absolute atomic E-state index is 0.0105. The summed E-state index contributed by atoms with van der Waals surface area (Å²) < 4.78 is 26.0. The number of aromatic amines is 1. The van der Waals surface area contributed by atoms with Gasteiger partial charge in [-0.3, -0.25) is 4.79 Å². The lowest BCUT2D eigenvalue weighted by Gasteiger charge is -2.04. The molecule has 0 unspecified atom stereocenters. The maximum Gasteiger partial charge on any atom is 0.277 e. The van der Waals surface area contributed by atoms with Crippen molar-refractivity contribution < 1.29 is 13.6 Å². The van der Waals surface area contributed by atoms with E-state index in [1.54, 1.807) is 0 Å². The van der Waals surface area contributed by atoms with Crippen molar-refractivity contribution in [2.75, 3.05) is 5.32 Å². The maximum atomic E-state index is 13.2. The van der Waals surface area contributed by atoms with Crippen molar-refractivity contribution in [2.24, 2.45) is 0 Å². The zero-order valence-corrected chi connectivity index (χ0v) is 7.87. The summed E-state index contributed by atoms with van der Waals surface area (Å²) in [7, 11) is 0. The second-order valence-corrected chi connectivity index (χ2v) is 2.91. The summed E-state index contributed by atoms with van der Waals surface area (Å²) in [6.07, 6.45) is 1.17. The van der Waals surface area contributed by atoms with Crippen molar-refractivity contribution in [2.45, 2.75) is 0 Å². The van der Waals surface area contributed by atoms with Gasteiger partial charge in [0, 0.05) is 0 Å². The molecule has 2 aromatic rings. The van der Waals surface area contributed by atoms with Crippen LogP contribution in [0, 0.1) is 11.6 Å². The summed E-state index contributed by atoms with van der Waals surface area (Å²) in [5, 5.41) is 11.3. The van der Waals surface area contributed by atoms with E-state index in [1.807, 2.05) is 0 Å². The van der Waals surface area contributed by atoms with Crippen LogP contribution in [0.25, 0.3) is 0 Å². The number of aromatic nitrogens is 3. The first kappa shape index (κ1) is 10.2. The fraction of sp³-hybridized carbons (Fsp3) is 0. The number of halogens is 2. The number of hydrogen-bond acceptors (Lipinski definition) is 3. The van der Waals surface area contributed by atoms with E-state index in [0.29, 0.717) is 0 Å². The topological polar surface area (TPSA) is 70.7 Å². The number of benzene rings is 1. The zero-order chi connectivity index (χ0) is 11.5. The average molecular weight is 224 g/mol.